The zero-order valence-electron chi connectivity index (χ0n) is 12.6. The van der Waals surface area contributed by atoms with Crippen LogP contribution < -0.4 is 10.2 Å². The second kappa shape index (κ2) is 5.27. The van der Waals surface area contributed by atoms with Crippen molar-refractivity contribution < 1.29 is 9.59 Å². The molecule has 1 N–H and O–H groups in total. The highest BCUT2D eigenvalue weighted by atomic mass is 16.2. The Labute approximate surface area is 120 Å². The molecule has 1 aromatic carbocycles. The molecule has 1 unspecified atom stereocenters. The number of nitrogens with zero attached hydrogens (tertiary/aromatic N) is 1. The highest BCUT2D eigenvalue weighted by molar-refractivity contribution is 5.94. The topological polar surface area (TPSA) is 49.4 Å². The maximum Gasteiger partial charge on any atom is 0.223 e. The molecule has 0 aliphatic carbocycles. The molecule has 0 fully saturated rings. The summed E-state index contributed by atoms with van der Waals surface area (Å²) in [5, 5.41) is 2.98. The summed E-state index contributed by atoms with van der Waals surface area (Å²) in [7, 11) is 0. The summed E-state index contributed by atoms with van der Waals surface area (Å²) in [4.78, 5) is 25.5. The largest absolute Gasteiger partial charge is 0.351 e. The maximum absolute atomic E-state index is 12.1. The molecule has 0 bridgehead atoms. The van der Waals surface area contributed by atoms with Gasteiger partial charge < -0.3 is 10.2 Å². The van der Waals surface area contributed by atoms with Crippen LogP contribution in [0.15, 0.2) is 24.3 Å². The molecule has 1 atom stereocenters. The van der Waals surface area contributed by atoms with E-state index < -0.39 is 0 Å². The molecule has 1 aromatic rings. The van der Waals surface area contributed by atoms with Crippen LogP contribution in [0.25, 0.3) is 0 Å². The lowest BCUT2D eigenvalue weighted by molar-refractivity contribution is -0.123. The number of benzene rings is 1. The van der Waals surface area contributed by atoms with Crippen LogP contribution in [-0.4, -0.2) is 23.9 Å². The van der Waals surface area contributed by atoms with Crippen LogP contribution >= 0.6 is 0 Å². The van der Waals surface area contributed by atoms with Crippen LogP contribution in [0, 0.1) is 0 Å². The molecule has 4 nitrogen and oxygen atoms in total. The molecule has 1 heterocycles. The van der Waals surface area contributed by atoms with Crippen LogP contribution in [0.3, 0.4) is 0 Å². The molecular weight excluding hydrogens is 252 g/mol. The lowest BCUT2D eigenvalue weighted by Crippen LogP contribution is -2.41. The minimum absolute atomic E-state index is 0.0242. The van der Waals surface area contributed by atoms with Gasteiger partial charge in [-0.3, -0.25) is 9.59 Å². The van der Waals surface area contributed by atoms with E-state index in [2.05, 4.69) is 5.32 Å². The Morgan fingerprint density at radius 1 is 1.30 bits per heavy atom. The van der Waals surface area contributed by atoms with Crippen molar-refractivity contribution in [3.8, 4) is 0 Å². The van der Waals surface area contributed by atoms with E-state index >= 15 is 0 Å². The van der Waals surface area contributed by atoms with E-state index in [-0.39, 0.29) is 23.3 Å². The Morgan fingerprint density at radius 2 is 1.95 bits per heavy atom. The van der Waals surface area contributed by atoms with E-state index in [1.165, 1.54) is 0 Å². The molecule has 0 saturated carbocycles. The Kier molecular flexibility index (Phi) is 3.84. The quantitative estimate of drug-likeness (QED) is 0.900. The van der Waals surface area contributed by atoms with Crippen molar-refractivity contribution in [3.63, 3.8) is 0 Å². The van der Waals surface area contributed by atoms with Crippen LogP contribution in [0.4, 0.5) is 5.69 Å². The second-order valence-corrected chi connectivity index (χ2v) is 6.39. The van der Waals surface area contributed by atoms with Gasteiger partial charge in [-0.25, -0.2) is 0 Å². The smallest absolute Gasteiger partial charge is 0.223 e. The zero-order valence-corrected chi connectivity index (χ0v) is 12.6. The number of fused-ring (bicyclic) bond motifs is 1. The summed E-state index contributed by atoms with van der Waals surface area (Å²) in [6, 6.07) is 7.83. The number of carbonyl (C=O) groups is 2. The molecule has 108 valence electrons. The zero-order chi connectivity index (χ0) is 14.9. The third-order valence-corrected chi connectivity index (χ3v) is 3.40. The van der Waals surface area contributed by atoms with E-state index in [4.69, 9.17) is 0 Å². The number of nitrogens with one attached hydrogen (secondary N) is 1. The van der Waals surface area contributed by atoms with Crippen LogP contribution in [0.2, 0.25) is 0 Å². The Bertz CT molecular complexity index is 532. The van der Waals surface area contributed by atoms with Crippen molar-refractivity contribution in [1.82, 2.24) is 5.32 Å². The van der Waals surface area contributed by atoms with Gasteiger partial charge in [0.2, 0.25) is 11.8 Å². The predicted octanol–water partition coefficient (Wildman–Crippen LogP) is 2.44. The number of rotatable bonds is 2. The number of amides is 2. The summed E-state index contributed by atoms with van der Waals surface area (Å²) in [5.74, 6) is 0.135. The Morgan fingerprint density at radius 3 is 2.55 bits per heavy atom. The van der Waals surface area contributed by atoms with Crippen molar-refractivity contribution >= 4 is 17.5 Å². The number of carbonyl (C=O) groups excluding carboxylic acids is 2. The first-order chi connectivity index (χ1) is 9.28. The lowest BCUT2D eigenvalue weighted by atomic mass is 9.97. The molecule has 0 radical (unpaired) electrons. The number of hydrogen-bond donors (Lipinski definition) is 1. The average Bonchev–Trinajstić information content (AvgIpc) is 2.66. The van der Waals surface area contributed by atoms with Crippen molar-refractivity contribution in [2.45, 2.75) is 45.6 Å². The molecular formula is C16H22N2O2. The van der Waals surface area contributed by atoms with Gasteiger partial charge in [-0.2, -0.15) is 0 Å². The van der Waals surface area contributed by atoms with Gasteiger partial charge in [0.25, 0.3) is 0 Å². The SMILES string of the molecule is CC(=O)N1CC(CC(=O)NC(C)(C)C)c2ccccc21. The third-order valence-electron chi connectivity index (χ3n) is 3.40. The number of anilines is 1. The molecule has 2 rings (SSSR count). The van der Waals surface area contributed by atoms with E-state index in [1.807, 2.05) is 45.0 Å². The van der Waals surface area contributed by atoms with Crippen molar-refractivity contribution in [3.05, 3.63) is 29.8 Å². The summed E-state index contributed by atoms with van der Waals surface area (Å²) in [6.45, 7) is 8.06. The molecule has 4 heteroatoms. The summed E-state index contributed by atoms with van der Waals surface area (Å²) in [6.07, 6.45) is 0.415. The van der Waals surface area contributed by atoms with Gasteiger partial charge in [0.15, 0.2) is 0 Å². The second-order valence-electron chi connectivity index (χ2n) is 6.39. The molecule has 0 saturated heterocycles. The van der Waals surface area contributed by atoms with Gasteiger partial charge in [-0.05, 0) is 32.4 Å². The van der Waals surface area contributed by atoms with Crippen LogP contribution in [0.1, 0.15) is 45.6 Å². The van der Waals surface area contributed by atoms with Crippen molar-refractivity contribution in [1.29, 1.82) is 0 Å². The lowest BCUT2D eigenvalue weighted by Gasteiger charge is -2.22. The standard InChI is InChI=1S/C16H22N2O2/c1-11(19)18-10-12(9-15(20)17-16(2,3)4)13-7-5-6-8-14(13)18/h5-8,12H,9-10H2,1-4H3,(H,17,20). The van der Waals surface area contributed by atoms with Crippen molar-refractivity contribution in [2.75, 3.05) is 11.4 Å². The normalized spacial score (nSPS) is 17.8. The van der Waals surface area contributed by atoms with Gasteiger partial charge in [0, 0.05) is 37.0 Å². The molecule has 2 amide bonds. The summed E-state index contributed by atoms with van der Waals surface area (Å²) >= 11 is 0. The van der Waals surface area contributed by atoms with Gasteiger partial charge in [-0.15, -0.1) is 0 Å². The van der Waals surface area contributed by atoms with Gasteiger partial charge in [-0.1, -0.05) is 18.2 Å². The number of hydrogen-bond acceptors (Lipinski definition) is 2. The van der Waals surface area contributed by atoms with E-state index in [1.54, 1.807) is 11.8 Å². The molecule has 20 heavy (non-hydrogen) atoms. The van der Waals surface area contributed by atoms with E-state index in [0.717, 1.165) is 11.3 Å². The molecule has 1 aliphatic rings. The highest BCUT2D eigenvalue weighted by Crippen LogP contribution is 2.37. The summed E-state index contributed by atoms with van der Waals surface area (Å²) < 4.78 is 0. The van der Waals surface area contributed by atoms with Gasteiger partial charge in [0.1, 0.15) is 0 Å². The fraction of sp³-hybridized carbons (Fsp3) is 0.500. The minimum atomic E-state index is -0.227. The highest BCUT2D eigenvalue weighted by Gasteiger charge is 2.32. The fourth-order valence-corrected chi connectivity index (χ4v) is 2.66. The van der Waals surface area contributed by atoms with Crippen molar-refractivity contribution in [2.24, 2.45) is 0 Å². The third kappa shape index (κ3) is 3.18. The molecule has 1 aliphatic heterocycles. The maximum atomic E-state index is 12.1. The first kappa shape index (κ1) is 14.6. The van der Waals surface area contributed by atoms with E-state index in [9.17, 15) is 9.59 Å². The Hall–Kier alpha value is -1.84. The average molecular weight is 274 g/mol. The molecule has 0 spiro atoms. The van der Waals surface area contributed by atoms with Gasteiger partial charge >= 0.3 is 0 Å². The molecule has 0 aromatic heterocycles. The van der Waals surface area contributed by atoms with E-state index in [0.29, 0.717) is 13.0 Å². The predicted molar refractivity (Wildman–Crippen MR) is 79.7 cm³/mol. The first-order valence-corrected chi connectivity index (χ1v) is 6.96. The minimum Gasteiger partial charge on any atom is -0.351 e. The first-order valence-electron chi connectivity index (χ1n) is 6.96. The Balaban J connectivity index is 2.15. The summed E-state index contributed by atoms with van der Waals surface area (Å²) in [5.41, 5.74) is 1.80. The van der Waals surface area contributed by atoms with Gasteiger partial charge in [0.05, 0.1) is 0 Å². The van der Waals surface area contributed by atoms with Crippen LogP contribution in [0.5, 0.6) is 0 Å². The van der Waals surface area contributed by atoms with Crippen LogP contribution in [-0.2, 0) is 9.59 Å². The fourth-order valence-electron chi connectivity index (χ4n) is 2.66. The monoisotopic (exact) mass is 274 g/mol. The number of para-hydroxylation sites is 1.